The van der Waals surface area contributed by atoms with E-state index in [1.807, 2.05) is 97.1 Å². The average molecular weight is 1720 g/mol. The molecular weight excluding hydrogens is 1630 g/mol. The summed E-state index contributed by atoms with van der Waals surface area (Å²) in [5.74, 6) is -1.74. The standard InChI is InChI=1S/C29H33N7O7.2C27H31N7O7/c1-3-30-29(39)34-24-20-25(32-15-31-24)36(16-33-20)27-23-21(41-19(42-23)13-12-17-9-6-5-7-10-17)22(43-27)26(37)35-14-8-11-18(35)28(38)40-4-2;2*1-3-28-27(37)32-21-17-22(30-13-29-21)34(14-31-17)24-20-18(40-26(41-20)15-9-6-5-7-10-15)19(39-24)23(35)33-12-8-11-16(33)25(36)38-4-2/h5-7,9-10,12-13,15-16,18-19,21-23,27H,3-4,8,11,14H2,1-2H3,(H2,30,31,32,34,39);2*5-7,9-10,13-14,16,18-20,24,26H,3-4,8,11-12H2,1-2H3,(H2,28,29,30,32,37)/b13-12+;;/t18-,19-,21?,22?,23?,27?;2*16-,18?,19?,20?,24?,26-/m000/s1. The first-order chi connectivity index (χ1) is 61.0. The van der Waals surface area contributed by atoms with Crippen LogP contribution in [0.5, 0.6) is 0 Å². The maximum absolute atomic E-state index is 13.9. The topological polar surface area (TPSA) is 477 Å². The minimum atomic E-state index is -1.06. The SMILES string of the molecule is CCNC(=O)Nc1ncnc2c1ncn2C1OC(C(=O)N2CCC[C@H]2C(=O)OCC)C2O[C@H](/C=C/c3ccccc3)OC21.CCNC(=O)Nc1ncnc2c1ncn2C1OC(C(=O)N2CCC[C@H]2C(=O)OCC)C2O[C@H](c3ccccc3)OC21.CCNC(=O)Nc1ncnc2c1ncn2C1OC(C(=O)N2CCC[C@H]2C(=O)OCC)C2O[C@H](c3ccccc3)OC21. The van der Waals surface area contributed by atoms with Crippen molar-refractivity contribution in [2.24, 2.45) is 0 Å². The molecule has 0 spiro atoms. The number of nitrogens with zero attached hydrogens (tertiary/aromatic N) is 15. The quantitative estimate of drug-likeness (QED) is 0.0332. The fourth-order valence-corrected chi connectivity index (χ4v) is 16.8. The van der Waals surface area contributed by atoms with Gasteiger partial charge in [-0.25, -0.2) is 73.6 Å². The lowest BCUT2D eigenvalue weighted by Crippen LogP contribution is -2.49. The normalized spacial score (nSPS) is 26.9. The summed E-state index contributed by atoms with van der Waals surface area (Å²) in [5.41, 5.74) is 4.70. The van der Waals surface area contributed by atoms with E-state index in [2.05, 4.69) is 76.8 Å². The zero-order valence-corrected chi connectivity index (χ0v) is 69.1. The molecule has 9 saturated heterocycles. The lowest BCUT2D eigenvalue weighted by Gasteiger charge is -2.27. The Kier molecular flexibility index (Phi) is 26.5. The minimum absolute atomic E-state index is 0.221. The lowest BCUT2D eigenvalue weighted by atomic mass is 10.1. The molecule has 9 amide bonds. The number of rotatable bonds is 22. The van der Waals surface area contributed by atoms with Gasteiger partial charge in [0.1, 0.15) is 73.7 Å². The molecule has 12 unspecified atom stereocenters. The van der Waals surface area contributed by atoms with E-state index in [-0.39, 0.29) is 55.0 Å². The summed E-state index contributed by atoms with van der Waals surface area (Å²) in [6.45, 7) is 13.8. The number of imidazole rings is 3. The molecule has 0 saturated carbocycles. The Balaban J connectivity index is 0.000000138. The van der Waals surface area contributed by atoms with Gasteiger partial charge < -0.3 is 87.5 Å². The van der Waals surface area contributed by atoms with E-state index in [1.165, 1.54) is 52.7 Å². The number of esters is 3. The third-order valence-electron chi connectivity index (χ3n) is 22.3. The van der Waals surface area contributed by atoms with Gasteiger partial charge in [0.2, 0.25) is 0 Å². The van der Waals surface area contributed by atoms with E-state index in [1.54, 1.807) is 61.3 Å². The lowest BCUT2D eigenvalue weighted by molar-refractivity contribution is -0.172. The number of ether oxygens (including phenoxy) is 12. The number of anilines is 3. The summed E-state index contributed by atoms with van der Waals surface area (Å²) in [6, 6.07) is 25.2. The molecule has 42 heteroatoms. The molecule has 6 aromatic heterocycles. The zero-order valence-electron chi connectivity index (χ0n) is 69.1. The maximum Gasteiger partial charge on any atom is 0.328 e. The molecule has 9 aliphatic heterocycles. The van der Waals surface area contributed by atoms with Crippen molar-refractivity contribution in [2.75, 3.05) is 75.0 Å². The van der Waals surface area contributed by atoms with Crippen LogP contribution in [0.4, 0.5) is 31.8 Å². The van der Waals surface area contributed by atoms with E-state index in [4.69, 9.17) is 56.8 Å². The molecule has 15 heterocycles. The Morgan fingerprint density at radius 3 is 1.03 bits per heavy atom. The van der Waals surface area contributed by atoms with Gasteiger partial charge in [0.25, 0.3) is 17.7 Å². The van der Waals surface area contributed by atoms with Crippen LogP contribution in [0.2, 0.25) is 0 Å². The Labute approximate surface area is 714 Å². The van der Waals surface area contributed by atoms with Crippen LogP contribution in [-0.2, 0) is 85.6 Å². The molecule has 658 valence electrons. The summed E-state index contributed by atoms with van der Waals surface area (Å²) >= 11 is 0. The maximum atomic E-state index is 13.9. The summed E-state index contributed by atoms with van der Waals surface area (Å²) in [7, 11) is 0. The number of hydrogen-bond acceptors (Lipinski definition) is 30. The molecule has 18 atom stereocenters. The second-order valence-corrected chi connectivity index (χ2v) is 30.0. The van der Waals surface area contributed by atoms with Crippen LogP contribution in [0.25, 0.3) is 39.6 Å². The Morgan fingerprint density at radius 1 is 0.384 bits per heavy atom. The largest absolute Gasteiger partial charge is 0.464 e. The summed E-state index contributed by atoms with van der Waals surface area (Å²) in [6.07, 6.45) is 3.32. The molecule has 0 radical (unpaired) electrons. The number of aromatic nitrogens is 12. The molecule has 9 aliphatic rings. The Bertz CT molecular complexity index is 5210. The highest BCUT2D eigenvalue weighted by Gasteiger charge is 2.62. The van der Waals surface area contributed by atoms with Gasteiger partial charge in [0.15, 0.2) is 107 Å². The number of hydrogen-bond donors (Lipinski definition) is 6. The van der Waals surface area contributed by atoms with Gasteiger partial charge in [0, 0.05) is 50.4 Å². The first-order valence-corrected chi connectivity index (χ1v) is 41.8. The number of fused-ring (bicyclic) bond motifs is 6. The molecule has 9 fully saturated rings. The van der Waals surface area contributed by atoms with E-state index in [0.29, 0.717) is 111 Å². The van der Waals surface area contributed by atoms with Gasteiger partial charge in [-0.1, -0.05) is 97.1 Å². The number of amides is 9. The third kappa shape index (κ3) is 17.8. The smallest absolute Gasteiger partial charge is 0.328 e. The summed E-state index contributed by atoms with van der Waals surface area (Å²) in [5, 5.41) is 16.0. The molecule has 42 nitrogen and oxygen atoms in total. The van der Waals surface area contributed by atoms with Gasteiger partial charge in [-0.05, 0) is 91.7 Å². The first-order valence-electron chi connectivity index (χ1n) is 41.8. The van der Waals surface area contributed by atoms with Gasteiger partial charge >= 0.3 is 36.0 Å². The number of carbonyl (C=O) groups excluding carboxylic acids is 9. The van der Waals surface area contributed by atoms with Crippen LogP contribution < -0.4 is 31.9 Å². The number of urea groups is 3. The molecule has 125 heavy (non-hydrogen) atoms. The molecule has 6 N–H and O–H groups in total. The van der Waals surface area contributed by atoms with Gasteiger partial charge in [-0.2, -0.15) is 0 Å². The predicted molar refractivity (Wildman–Crippen MR) is 437 cm³/mol. The zero-order chi connectivity index (χ0) is 86.9. The van der Waals surface area contributed by atoms with Crippen LogP contribution >= 0.6 is 0 Å². The summed E-state index contributed by atoms with van der Waals surface area (Å²) < 4.78 is 77.6. The van der Waals surface area contributed by atoms with Gasteiger partial charge in [0.05, 0.1) is 38.8 Å². The van der Waals surface area contributed by atoms with E-state index < -0.39 is 147 Å². The summed E-state index contributed by atoms with van der Waals surface area (Å²) in [4.78, 5) is 160. The Morgan fingerprint density at radius 2 is 0.696 bits per heavy atom. The van der Waals surface area contributed by atoms with Crippen LogP contribution in [0.1, 0.15) is 128 Å². The van der Waals surface area contributed by atoms with Crippen molar-refractivity contribution in [3.05, 3.63) is 152 Å². The molecular formula is C83H95N21O21. The second kappa shape index (κ2) is 38.6. The third-order valence-corrected chi connectivity index (χ3v) is 22.3. The van der Waals surface area contributed by atoms with Crippen molar-refractivity contribution in [2.45, 2.75) is 191 Å². The second-order valence-electron chi connectivity index (χ2n) is 30.0. The number of likely N-dealkylation sites (tertiary alicyclic amines) is 3. The number of carbonyl (C=O) groups is 9. The van der Waals surface area contributed by atoms with Gasteiger partial charge in [-0.3, -0.25) is 44.0 Å². The van der Waals surface area contributed by atoms with E-state index in [0.717, 1.165) is 16.7 Å². The Hall–Kier alpha value is -12.7. The van der Waals surface area contributed by atoms with Crippen molar-refractivity contribution >= 4 is 111 Å². The molecule has 0 aliphatic carbocycles. The van der Waals surface area contributed by atoms with Gasteiger partial charge in [-0.15, -0.1) is 0 Å². The van der Waals surface area contributed by atoms with Crippen molar-refractivity contribution in [1.29, 1.82) is 0 Å². The fraction of sp³-hybridized carbons (Fsp3) is 0.470. The monoisotopic (exact) mass is 1720 g/mol. The number of nitrogens with one attached hydrogen (secondary N) is 6. The van der Waals surface area contributed by atoms with E-state index in [9.17, 15) is 43.2 Å². The van der Waals surface area contributed by atoms with Crippen molar-refractivity contribution in [3.63, 3.8) is 0 Å². The van der Waals surface area contributed by atoms with Crippen molar-refractivity contribution < 1.29 is 100.0 Å². The highest BCUT2D eigenvalue weighted by Crippen LogP contribution is 2.49. The van der Waals surface area contributed by atoms with Crippen molar-refractivity contribution in [1.82, 2.24) is 89.2 Å². The predicted octanol–water partition coefficient (Wildman–Crippen LogP) is 6.05. The molecule has 18 rings (SSSR count). The molecule has 0 bridgehead atoms. The van der Waals surface area contributed by atoms with Crippen LogP contribution in [-0.4, -0.2) is 265 Å². The highest BCUT2D eigenvalue weighted by molar-refractivity contribution is 5.98. The van der Waals surface area contributed by atoms with Crippen LogP contribution in [0, 0.1) is 0 Å². The highest BCUT2D eigenvalue weighted by atomic mass is 16.8. The molecule has 9 aromatic rings. The van der Waals surface area contributed by atoms with Crippen LogP contribution in [0.3, 0.4) is 0 Å². The minimum Gasteiger partial charge on any atom is -0.464 e. The van der Waals surface area contributed by atoms with Crippen LogP contribution in [0.15, 0.2) is 135 Å². The molecule has 3 aromatic carbocycles. The van der Waals surface area contributed by atoms with E-state index >= 15 is 0 Å². The first kappa shape index (κ1) is 85.9. The van der Waals surface area contributed by atoms with Crippen molar-refractivity contribution in [3.8, 4) is 0 Å². The number of benzene rings is 3. The fourth-order valence-electron chi connectivity index (χ4n) is 16.8. The average Bonchev–Trinajstić information content (AvgIpc) is 1.59.